The van der Waals surface area contributed by atoms with Crippen LogP contribution in [0.1, 0.15) is 38.3 Å². The summed E-state index contributed by atoms with van der Waals surface area (Å²) >= 11 is 0. The maximum absolute atomic E-state index is 9.86. The fourth-order valence-electron chi connectivity index (χ4n) is 2.57. The molecule has 3 nitrogen and oxygen atoms in total. The smallest absolute Gasteiger partial charge is 0.0608 e. The summed E-state index contributed by atoms with van der Waals surface area (Å²) in [5.74, 6) is 0. The Morgan fingerprint density at radius 3 is 2.78 bits per heavy atom. The molecule has 1 aromatic carbocycles. The highest BCUT2D eigenvalue weighted by atomic mass is 16.3. The van der Waals surface area contributed by atoms with Gasteiger partial charge in [-0.15, -0.1) is 0 Å². The summed E-state index contributed by atoms with van der Waals surface area (Å²) in [7, 11) is 2.02. The molecule has 1 unspecified atom stereocenters. The van der Waals surface area contributed by atoms with Crippen molar-refractivity contribution in [1.82, 2.24) is 5.32 Å². The van der Waals surface area contributed by atoms with Crippen LogP contribution in [0.25, 0.3) is 0 Å². The van der Waals surface area contributed by atoms with Crippen LogP contribution in [0, 0.1) is 0 Å². The van der Waals surface area contributed by atoms with E-state index in [-0.39, 0.29) is 0 Å². The summed E-state index contributed by atoms with van der Waals surface area (Å²) in [5.41, 5.74) is 2.10. The van der Waals surface area contributed by atoms with Gasteiger partial charge < -0.3 is 15.3 Å². The Morgan fingerprint density at radius 2 is 2.11 bits per heavy atom. The SMILES string of the molecule is CNC1CCN(CCC(C)(C)O)c2ccccc21. The lowest BCUT2D eigenvalue weighted by Gasteiger charge is -2.36. The second-order valence-electron chi connectivity index (χ2n) is 5.74. The molecule has 0 aliphatic carbocycles. The van der Waals surface area contributed by atoms with E-state index in [9.17, 15) is 5.11 Å². The van der Waals surface area contributed by atoms with E-state index < -0.39 is 5.60 Å². The van der Waals surface area contributed by atoms with Crippen LogP contribution >= 0.6 is 0 Å². The molecule has 1 aromatic rings. The largest absolute Gasteiger partial charge is 0.390 e. The van der Waals surface area contributed by atoms with Crippen molar-refractivity contribution in [1.29, 1.82) is 0 Å². The van der Waals surface area contributed by atoms with Crippen molar-refractivity contribution in [3.05, 3.63) is 29.8 Å². The van der Waals surface area contributed by atoms with E-state index in [2.05, 4.69) is 34.5 Å². The van der Waals surface area contributed by atoms with Crippen LogP contribution in [0.3, 0.4) is 0 Å². The van der Waals surface area contributed by atoms with E-state index in [0.717, 1.165) is 25.9 Å². The molecule has 1 aliphatic rings. The van der Waals surface area contributed by atoms with Gasteiger partial charge in [0.05, 0.1) is 5.60 Å². The van der Waals surface area contributed by atoms with Gasteiger partial charge in [0.15, 0.2) is 0 Å². The molecule has 1 atom stereocenters. The number of hydrogen-bond acceptors (Lipinski definition) is 3. The van der Waals surface area contributed by atoms with Gasteiger partial charge in [0.1, 0.15) is 0 Å². The standard InChI is InChI=1S/C15H24N2O/c1-15(2,18)9-11-17-10-8-13(16-3)12-6-4-5-7-14(12)17/h4-7,13,16,18H,8-11H2,1-3H3. The Labute approximate surface area is 110 Å². The molecule has 1 aliphatic heterocycles. The quantitative estimate of drug-likeness (QED) is 0.858. The average molecular weight is 248 g/mol. The van der Waals surface area contributed by atoms with Crippen LogP contribution in [0.5, 0.6) is 0 Å². The minimum Gasteiger partial charge on any atom is -0.390 e. The molecule has 2 N–H and O–H groups in total. The summed E-state index contributed by atoms with van der Waals surface area (Å²) < 4.78 is 0. The number of benzene rings is 1. The molecule has 0 spiro atoms. The maximum Gasteiger partial charge on any atom is 0.0608 e. The lowest BCUT2D eigenvalue weighted by atomic mass is 9.95. The predicted molar refractivity (Wildman–Crippen MR) is 76.0 cm³/mol. The van der Waals surface area contributed by atoms with Gasteiger partial charge in [0, 0.05) is 24.8 Å². The fraction of sp³-hybridized carbons (Fsp3) is 0.600. The van der Waals surface area contributed by atoms with Crippen LogP contribution in [0.2, 0.25) is 0 Å². The van der Waals surface area contributed by atoms with Gasteiger partial charge in [0.25, 0.3) is 0 Å². The lowest BCUT2D eigenvalue weighted by Crippen LogP contribution is -2.37. The molecule has 100 valence electrons. The van der Waals surface area contributed by atoms with E-state index >= 15 is 0 Å². The molecule has 0 fully saturated rings. The Balaban J connectivity index is 2.15. The average Bonchev–Trinajstić information content (AvgIpc) is 2.35. The number of anilines is 1. The Bertz CT molecular complexity index is 398. The minimum absolute atomic E-state index is 0.458. The van der Waals surface area contributed by atoms with Crippen LogP contribution in [-0.4, -0.2) is 30.8 Å². The van der Waals surface area contributed by atoms with Crippen molar-refractivity contribution in [2.45, 2.75) is 38.3 Å². The van der Waals surface area contributed by atoms with Crippen LogP contribution < -0.4 is 10.2 Å². The van der Waals surface area contributed by atoms with E-state index in [4.69, 9.17) is 0 Å². The van der Waals surface area contributed by atoms with Crippen molar-refractivity contribution >= 4 is 5.69 Å². The number of nitrogens with one attached hydrogen (secondary N) is 1. The number of hydrogen-bond donors (Lipinski definition) is 2. The minimum atomic E-state index is -0.588. The number of aliphatic hydroxyl groups is 1. The van der Waals surface area contributed by atoms with Crippen molar-refractivity contribution in [3.63, 3.8) is 0 Å². The van der Waals surface area contributed by atoms with Crippen molar-refractivity contribution in [3.8, 4) is 0 Å². The Kier molecular flexibility index (Phi) is 3.93. The third-order valence-corrected chi connectivity index (χ3v) is 3.68. The van der Waals surface area contributed by atoms with E-state index in [1.807, 2.05) is 20.9 Å². The zero-order chi connectivity index (χ0) is 13.2. The van der Waals surface area contributed by atoms with E-state index in [1.54, 1.807) is 0 Å². The second-order valence-corrected chi connectivity index (χ2v) is 5.74. The molecule has 1 heterocycles. The molecule has 0 saturated carbocycles. The highest BCUT2D eigenvalue weighted by Gasteiger charge is 2.24. The topological polar surface area (TPSA) is 35.5 Å². The highest BCUT2D eigenvalue weighted by Crippen LogP contribution is 2.33. The number of nitrogens with zero attached hydrogens (tertiary/aromatic N) is 1. The van der Waals surface area contributed by atoms with Gasteiger partial charge >= 0.3 is 0 Å². The van der Waals surface area contributed by atoms with Gasteiger partial charge in [-0.05, 0) is 45.4 Å². The highest BCUT2D eigenvalue weighted by molar-refractivity contribution is 5.56. The fourth-order valence-corrected chi connectivity index (χ4v) is 2.57. The number of fused-ring (bicyclic) bond motifs is 1. The Hall–Kier alpha value is -1.06. The molecule has 2 rings (SSSR count). The summed E-state index contributed by atoms with van der Waals surface area (Å²) in [5, 5.41) is 13.2. The first-order valence-corrected chi connectivity index (χ1v) is 6.75. The monoisotopic (exact) mass is 248 g/mol. The first-order chi connectivity index (χ1) is 8.51. The predicted octanol–water partition coefficient (Wildman–Crippen LogP) is 2.32. The third kappa shape index (κ3) is 3.03. The summed E-state index contributed by atoms with van der Waals surface area (Å²) in [4.78, 5) is 2.39. The van der Waals surface area contributed by atoms with Crippen molar-refractivity contribution < 1.29 is 5.11 Å². The third-order valence-electron chi connectivity index (χ3n) is 3.68. The maximum atomic E-state index is 9.86. The molecule has 0 saturated heterocycles. The normalized spacial score (nSPS) is 19.8. The van der Waals surface area contributed by atoms with Crippen LogP contribution in [0.15, 0.2) is 24.3 Å². The Morgan fingerprint density at radius 1 is 1.39 bits per heavy atom. The lowest BCUT2D eigenvalue weighted by molar-refractivity contribution is 0.0729. The van der Waals surface area contributed by atoms with Gasteiger partial charge in [-0.1, -0.05) is 18.2 Å². The molecule has 0 aromatic heterocycles. The number of rotatable bonds is 4. The van der Waals surface area contributed by atoms with E-state index in [0.29, 0.717) is 6.04 Å². The molecule has 3 heteroatoms. The van der Waals surface area contributed by atoms with Crippen molar-refractivity contribution in [2.24, 2.45) is 0 Å². The summed E-state index contributed by atoms with van der Waals surface area (Å²) in [6.07, 6.45) is 1.92. The molecule has 0 bridgehead atoms. The molecular formula is C15H24N2O. The first kappa shape index (κ1) is 13.4. The van der Waals surface area contributed by atoms with Gasteiger partial charge in [-0.25, -0.2) is 0 Å². The molecule has 0 amide bonds. The zero-order valence-corrected chi connectivity index (χ0v) is 11.6. The number of para-hydroxylation sites is 1. The van der Waals surface area contributed by atoms with Gasteiger partial charge in [0.2, 0.25) is 0 Å². The van der Waals surface area contributed by atoms with Crippen LogP contribution in [-0.2, 0) is 0 Å². The van der Waals surface area contributed by atoms with Gasteiger partial charge in [-0.2, -0.15) is 0 Å². The van der Waals surface area contributed by atoms with Crippen LogP contribution in [0.4, 0.5) is 5.69 Å². The van der Waals surface area contributed by atoms with Gasteiger partial charge in [-0.3, -0.25) is 0 Å². The van der Waals surface area contributed by atoms with Crippen molar-refractivity contribution in [2.75, 3.05) is 25.0 Å². The second kappa shape index (κ2) is 5.29. The summed E-state index contributed by atoms with van der Waals surface area (Å²) in [6.45, 7) is 5.72. The summed E-state index contributed by atoms with van der Waals surface area (Å²) in [6, 6.07) is 9.03. The van der Waals surface area contributed by atoms with E-state index in [1.165, 1.54) is 11.3 Å². The first-order valence-electron chi connectivity index (χ1n) is 6.75. The molecule has 18 heavy (non-hydrogen) atoms. The molecular weight excluding hydrogens is 224 g/mol. The molecule has 0 radical (unpaired) electrons. The zero-order valence-electron chi connectivity index (χ0n) is 11.6.